The number of hydrogen-bond donors (Lipinski definition) is 0. The molecule has 0 N–H and O–H groups in total. The summed E-state index contributed by atoms with van der Waals surface area (Å²) >= 11 is 1.44. The Morgan fingerprint density at radius 2 is 2.04 bits per heavy atom. The van der Waals surface area contributed by atoms with Crippen molar-refractivity contribution in [2.75, 3.05) is 18.1 Å². The lowest BCUT2D eigenvalue weighted by Crippen LogP contribution is -2.41. The molecule has 0 aliphatic carbocycles. The van der Waals surface area contributed by atoms with Gasteiger partial charge in [-0.25, -0.2) is 8.42 Å². The third kappa shape index (κ3) is 4.88. The van der Waals surface area contributed by atoms with Crippen LogP contribution in [-0.2, 0) is 14.6 Å². The number of Topliss-reactive ketones (excluding diaryl/α,β-unsaturated/α-hetero) is 1. The van der Waals surface area contributed by atoms with Crippen molar-refractivity contribution in [1.29, 1.82) is 0 Å². The van der Waals surface area contributed by atoms with Crippen LogP contribution in [0.2, 0.25) is 0 Å². The molecule has 5 nitrogen and oxygen atoms in total. The zero-order valence-corrected chi connectivity index (χ0v) is 15.2. The Morgan fingerprint density at radius 1 is 1.30 bits per heavy atom. The second-order valence-corrected chi connectivity index (χ2v) is 9.49. The molecule has 1 unspecified atom stereocenters. The highest BCUT2D eigenvalue weighted by Gasteiger charge is 2.34. The molecule has 1 aromatic heterocycles. The topological polar surface area (TPSA) is 71.5 Å². The highest BCUT2D eigenvalue weighted by molar-refractivity contribution is 7.91. The van der Waals surface area contributed by atoms with Gasteiger partial charge >= 0.3 is 0 Å². The van der Waals surface area contributed by atoms with Crippen LogP contribution in [0.1, 0.15) is 47.2 Å². The van der Waals surface area contributed by atoms with E-state index in [1.54, 1.807) is 11.0 Å². The Kier molecular flexibility index (Phi) is 5.97. The zero-order valence-electron chi connectivity index (χ0n) is 13.6. The number of rotatable bonds is 7. The first-order valence-electron chi connectivity index (χ1n) is 7.92. The van der Waals surface area contributed by atoms with Crippen LogP contribution < -0.4 is 0 Å². The number of carbonyl (C=O) groups is 2. The normalized spacial score (nSPS) is 19.7. The summed E-state index contributed by atoms with van der Waals surface area (Å²) in [5.74, 6) is 0.0672. The molecule has 128 valence electrons. The summed E-state index contributed by atoms with van der Waals surface area (Å²) in [4.78, 5) is 28.0. The average molecular weight is 357 g/mol. The number of hydrogen-bond acceptors (Lipinski definition) is 5. The minimum absolute atomic E-state index is 0.0214. The number of carbonyl (C=O) groups excluding carboxylic acids is 2. The Bertz CT molecular complexity index is 678. The van der Waals surface area contributed by atoms with Crippen molar-refractivity contribution in [3.8, 4) is 0 Å². The van der Waals surface area contributed by atoms with Gasteiger partial charge in [-0.3, -0.25) is 9.59 Å². The molecule has 1 aliphatic heterocycles. The van der Waals surface area contributed by atoms with Crippen molar-refractivity contribution in [3.63, 3.8) is 0 Å². The van der Waals surface area contributed by atoms with Crippen molar-refractivity contribution in [1.82, 2.24) is 4.90 Å². The van der Waals surface area contributed by atoms with Crippen LogP contribution in [0.15, 0.2) is 12.1 Å². The van der Waals surface area contributed by atoms with Crippen molar-refractivity contribution in [3.05, 3.63) is 21.9 Å². The van der Waals surface area contributed by atoms with Gasteiger partial charge in [0.1, 0.15) is 0 Å². The molecular formula is C16H23NO4S2. The van der Waals surface area contributed by atoms with Gasteiger partial charge in [0, 0.05) is 30.3 Å². The van der Waals surface area contributed by atoms with Gasteiger partial charge in [0.15, 0.2) is 15.6 Å². The lowest BCUT2D eigenvalue weighted by Gasteiger charge is -2.28. The molecular weight excluding hydrogens is 334 g/mol. The SMILES string of the molecule is CCCN(C(=O)CCC(=O)c1ccc(C)s1)C1CCS(=O)(=O)C1. The van der Waals surface area contributed by atoms with E-state index in [4.69, 9.17) is 0 Å². The van der Waals surface area contributed by atoms with Gasteiger partial charge < -0.3 is 4.90 Å². The van der Waals surface area contributed by atoms with E-state index in [9.17, 15) is 18.0 Å². The largest absolute Gasteiger partial charge is 0.339 e. The van der Waals surface area contributed by atoms with Gasteiger partial charge in [0.05, 0.1) is 16.4 Å². The maximum Gasteiger partial charge on any atom is 0.223 e. The second kappa shape index (κ2) is 7.57. The smallest absolute Gasteiger partial charge is 0.223 e. The molecule has 1 fully saturated rings. The number of ketones is 1. The monoisotopic (exact) mass is 357 g/mol. The number of thiophene rings is 1. The number of sulfone groups is 1. The molecule has 7 heteroatoms. The molecule has 2 heterocycles. The lowest BCUT2D eigenvalue weighted by molar-refractivity contribution is -0.133. The molecule has 0 aromatic carbocycles. The fraction of sp³-hybridized carbons (Fsp3) is 0.625. The Balaban J connectivity index is 1.94. The summed E-state index contributed by atoms with van der Waals surface area (Å²) in [6.45, 7) is 4.45. The maximum atomic E-state index is 12.5. The third-order valence-electron chi connectivity index (χ3n) is 4.02. The van der Waals surface area contributed by atoms with E-state index in [1.165, 1.54) is 11.3 Å². The minimum atomic E-state index is -3.02. The predicted molar refractivity (Wildman–Crippen MR) is 91.7 cm³/mol. The first-order chi connectivity index (χ1) is 10.8. The van der Waals surface area contributed by atoms with Gasteiger partial charge in [-0.1, -0.05) is 6.92 Å². The first-order valence-corrected chi connectivity index (χ1v) is 10.6. The van der Waals surface area contributed by atoms with Crippen LogP contribution in [0.4, 0.5) is 0 Å². The molecule has 1 aromatic rings. The van der Waals surface area contributed by atoms with E-state index in [0.29, 0.717) is 17.8 Å². The molecule has 0 saturated carbocycles. The molecule has 1 atom stereocenters. The molecule has 23 heavy (non-hydrogen) atoms. The fourth-order valence-corrected chi connectivity index (χ4v) is 5.41. The number of aryl methyl sites for hydroxylation is 1. The Hall–Kier alpha value is -1.21. The van der Waals surface area contributed by atoms with E-state index in [2.05, 4.69) is 0 Å². The van der Waals surface area contributed by atoms with E-state index >= 15 is 0 Å². The summed E-state index contributed by atoms with van der Waals surface area (Å²) < 4.78 is 23.3. The summed E-state index contributed by atoms with van der Waals surface area (Å²) in [5, 5.41) is 0. The van der Waals surface area contributed by atoms with Crippen LogP contribution in [0.3, 0.4) is 0 Å². The van der Waals surface area contributed by atoms with Crippen molar-refractivity contribution in [2.45, 2.75) is 45.6 Å². The van der Waals surface area contributed by atoms with Crippen LogP contribution in [-0.4, -0.2) is 49.1 Å². The summed E-state index contributed by atoms with van der Waals surface area (Å²) in [7, 11) is -3.02. The first kappa shape index (κ1) is 18.1. The summed E-state index contributed by atoms with van der Waals surface area (Å²) in [5.41, 5.74) is 0. The van der Waals surface area contributed by atoms with E-state index < -0.39 is 9.84 Å². The molecule has 1 saturated heterocycles. The molecule has 1 amide bonds. The fourth-order valence-electron chi connectivity index (χ4n) is 2.84. The average Bonchev–Trinajstić information content (AvgIpc) is 3.07. The van der Waals surface area contributed by atoms with E-state index in [-0.39, 0.29) is 42.1 Å². The summed E-state index contributed by atoms with van der Waals surface area (Å²) in [6, 6.07) is 3.46. The molecule has 0 bridgehead atoms. The van der Waals surface area contributed by atoms with Gasteiger partial charge in [-0.05, 0) is 31.9 Å². The van der Waals surface area contributed by atoms with Crippen molar-refractivity contribution < 1.29 is 18.0 Å². The van der Waals surface area contributed by atoms with Gasteiger partial charge in [0.2, 0.25) is 5.91 Å². The Morgan fingerprint density at radius 3 is 2.57 bits per heavy atom. The van der Waals surface area contributed by atoms with E-state index in [1.807, 2.05) is 19.9 Å². The van der Waals surface area contributed by atoms with Crippen molar-refractivity contribution in [2.24, 2.45) is 0 Å². The van der Waals surface area contributed by atoms with Crippen molar-refractivity contribution >= 4 is 32.9 Å². The van der Waals surface area contributed by atoms with E-state index in [0.717, 1.165) is 11.3 Å². The minimum Gasteiger partial charge on any atom is -0.339 e. The quantitative estimate of drug-likeness (QED) is 0.703. The lowest BCUT2D eigenvalue weighted by atomic mass is 10.1. The highest BCUT2D eigenvalue weighted by Crippen LogP contribution is 2.21. The van der Waals surface area contributed by atoms with Gasteiger partial charge in [-0.2, -0.15) is 0 Å². The third-order valence-corrected chi connectivity index (χ3v) is 6.81. The molecule has 0 spiro atoms. The number of amides is 1. The molecule has 0 radical (unpaired) electrons. The summed E-state index contributed by atoms with van der Waals surface area (Å²) in [6.07, 6.45) is 1.61. The van der Waals surface area contributed by atoms with Gasteiger partial charge in [0.25, 0.3) is 0 Å². The van der Waals surface area contributed by atoms with Crippen LogP contribution >= 0.6 is 11.3 Å². The van der Waals surface area contributed by atoms with Gasteiger partial charge in [-0.15, -0.1) is 11.3 Å². The van der Waals surface area contributed by atoms with Crippen LogP contribution in [0.5, 0.6) is 0 Å². The van der Waals surface area contributed by atoms with Crippen LogP contribution in [0, 0.1) is 6.92 Å². The second-order valence-electron chi connectivity index (χ2n) is 5.98. The highest BCUT2D eigenvalue weighted by atomic mass is 32.2. The molecule has 2 rings (SSSR count). The zero-order chi connectivity index (χ0) is 17.0. The molecule has 1 aliphatic rings. The standard InChI is InChI=1S/C16H23NO4S2/c1-3-9-17(13-8-10-23(20,21)11-13)16(19)7-5-14(18)15-6-4-12(2)22-15/h4,6,13H,3,5,7-11H2,1-2H3. The Labute approximate surface area is 141 Å². The predicted octanol–water partition coefficient (Wildman–Crippen LogP) is 2.45. The van der Waals surface area contributed by atoms with Crippen LogP contribution in [0.25, 0.3) is 0 Å². The number of nitrogens with zero attached hydrogens (tertiary/aromatic N) is 1. The maximum absolute atomic E-state index is 12.5.